The third-order valence-corrected chi connectivity index (χ3v) is 3.63. The lowest BCUT2D eigenvalue weighted by atomic mass is 9.99. The number of hydrogen-bond donors (Lipinski definition) is 1. The normalized spacial score (nSPS) is 24.6. The van der Waals surface area contributed by atoms with E-state index in [1.807, 2.05) is 0 Å². The average Bonchev–Trinajstić information content (AvgIpc) is 2.65. The molecule has 0 aromatic carbocycles. The minimum Gasteiger partial charge on any atom is -0.312 e. The predicted molar refractivity (Wildman–Crippen MR) is 67.2 cm³/mol. The van der Waals surface area contributed by atoms with Crippen molar-refractivity contribution in [2.75, 3.05) is 26.7 Å². The minimum absolute atomic E-state index is 0.755. The molecule has 15 heavy (non-hydrogen) atoms. The molecule has 0 aromatic rings. The zero-order valence-electron chi connectivity index (χ0n) is 10.8. The van der Waals surface area contributed by atoms with E-state index in [0.717, 1.165) is 12.0 Å². The Bertz CT molecular complexity index is 159. The average molecular weight is 212 g/mol. The van der Waals surface area contributed by atoms with E-state index in [0.29, 0.717) is 0 Å². The molecule has 90 valence electrons. The van der Waals surface area contributed by atoms with Crippen LogP contribution >= 0.6 is 0 Å². The summed E-state index contributed by atoms with van der Waals surface area (Å²) >= 11 is 0. The van der Waals surface area contributed by atoms with Gasteiger partial charge in [0, 0.05) is 12.6 Å². The third-order valence-electron chi connectivity index (χ3n) is 3.63. The van der Waals surface area contributed by atoms with Gasteiger partial charge < -0.3 is 10.2 Å². The van der Waals surface area contributed by atoms with Gasteiger partial charge in [0.25, 0.3) is 0 Å². The van der Waals surface area contributed by atoms with Crippen LogP contribution in [0.2, 0.25) is 0 Å². The van der Waals surface area contributed by atoms with Crippen molar-refractivity contribution < 1.29 is 0 Å². The van der Waals surface area contributed by atoms with Gasteiger partial charge in [0.05, 0.1) is 0 Å². The molecule has 1 aliphatic heterocycles. The second kappa shape index (κ2) is 7.24. The quantitative estimate of drug-likeness (QED) is 0.697. The van der Waals surface area contributed by atoms with Gasteiger partial charge in [-0.1, -0.05) is 33.1 Å². The summed E-state index contributed by atoms with van der Waals surface area (Å²) in [7, 11) is 2.22. The zero-order valence-corrected chi connectivity index (χ0v) is 10.8. The van der Waals surface area contributed by atoms with Crippen LogP contribution in [0.3, 0.4) is 0 Å². The van der Waals surface area contributed by atoms with Gasteiger partial charge in [-0.15, -0.1) is 0 Å². The number of rotatable bonds is 7. The van der Waals surface area contributed by atoms with Gasteiger partial charge in [0.2, 0.25) is 0 Å². The highest BCUT2D eigenvalue weighted by Crippen LogP contribution is 2.13. The fourth-order valence-corrected chi connectivity index (χ4v) is 2.38. The second-order valence-electron chi connectivity index (χ2n) is 5.07. The van der Waals surface area contributed by atoms with Crippen molar-refractivity contribution in [2.45, 2.75) is 52.0 Å². The molecule has 0 spiro atoms. The number of likely N-dealkylation sites (tertiary alicyclic amines) is 1. The zero-order chi connectivity index (χ0) is 11.1. The van der Waals surface area contributed by atoms with Crippen LogP contribution in [0.4, 0.5) is 0 Å². The number of hydrogen-bond acceptors (Lipinski definition) is 2. The van der Waals surface area contributed by atoms with Crippen molar-refractivity contribution in [3.8, 4) is 0 Å². The molecule has 2 heteroatoms. The maximum Gasteiger partial charge on any atom is 0.0207 e. The molecule has 0 bridgehead atoms. The van der Waals surface area contributed by atoms with E-state index >= 15 is 0 Å². The highest BCUT2D eigenvalue weighted by Gasteiger charge is 2.19. The number of nitrogens with zero attached hydrogens (tertiary/aromatic N) is 1. The van der Waals surface area contributed by atoms with Crippen LogP contribution in [-0.2, 0) is 0 Å². The van der Waals surface area contributed by atoms with Crippen molar-refractivity contribution in [1.82, 2.24) is 10.2 Å². The molecule has 1 N–H and O–H groups in total. The summed E-state index contributed by atoms with van der Waals surface area (Å²) in [4.78, 5) is 2.42. The molecule has 1 fully saturated rings. The second-order valence-corrected chi connectivity index (χ2v) is 5.07. The summed E-state index contributed by atoms with van der Waals surface area (Å²) in [6.45, 7) is 8.34. The Labute approximate surface area is 95.4 Å². The SMILES string of the molecule is CCCCC(CC)CNC1CCN(C)C1. The number of unbranched alkanes of at least 4 members (excludes halogenated alkanes) is 1. The fraction of sp³-hybridized carbons (Fsp3) is 1.00. The van der Waals surface area contributed by atoms with E-state index in [2.05, 4.69) is 31.1 Å². The van der Waals surface area contributed by atoms with Gasteiger partial charge >= 0.3 is 0 Å². The van der Waals surface area contributed by atoms with Crippen LogP contribution < -0.4 is 5.32 Å². The molecule has 2 atom stereocenters. The molecular weight excluding hydrogens is 184 g/mol. The lowest BCUT2D eigenvalue weighted by molar-refractivity contribution is 0.368. The van der Waals surface area contributed by atoms with Crippen molar-refractivity contribution in [3.63, 3.8) is 0 Å². The molecule has 2 nitrogen and oxygen atoms in total. The predicted octanol–water partition coefficient (Wildman–Crippen LogP) is 2.50. The van der Waals surface area contributed by atoms with Crippen LogP contribution in [0, 0.1) is 5.92 Å². The van der Waals surface area contributed by atoms with Crippen LogP contribution in [0.25, 0.3) is 0 Å². The van der Waals surface area contributed by atoms with Crippen molar-refractivity contribution >= 4 is 0 Å². The monoisotopic (exact) mass is 212 g/mol. The molecule has 0 aliphatic carbocycles. The summed E-state index contributed by atoms with van der Waals surface area (Å²) < 4.78 is 0. The van der Waals surface area contributed by atoms with Gasteiger partial charge in [-0.3, -0.25) is 0 Å². The molecule has 1 heterocycles. The van der Waals surface area contributed by atoms with Gasteiger partial charge in [-0.2, -0.15) is 0 Å². The molecule has 0 aromatic heterocycles. The maximum absolute atomic E-state index is 3.73. The van der Waals surface area contributed by atoms with Gasteiger partial charge in [0.15, 0.2) is 0 Å². The Morgan fingerprint density at radius 1 is 1.40 bits per heavy atom. The topological polar surface area (TPSA) is 15.3 Å². The molecule has 1 aliphatic rings. The molecule has 0 radical (unpaired) electrons. The Hall–Kier alpha value is -0.0800. The van der Waals surface area contributed by atoms with Gasteiger partial charge in [0.1, 0.15) is 0 Å². The minimum atomic E-state index is 0.755. The maximum atomic E-state index is 3.73. The van der Waals surface area contributed by atoms with Gasteiger partial charge in [-0.25, -0.2) is 0 Å². The molecule has 0 saturated carbocycles. The standard InChI is InChI=1S/C13H28N2/c1-4-6-7-12(5-2)10-14-13-8-9-15(3)11-13/h12-14H,4-11H2,1-3H3. The molecular formula is C13H28N2. The fourth-order valence-electron chi connectivity index (χ4n) is 2.38. The number of nitrogens with one attached hydrogen (secondary N) is 1. The summed E-state index contributed by atoms with van der Waals surface area (Å²) in [5.41, 5.74) is 0. The van der Waals surface area contributed by atoms with Crippen molar-refractivity contribution in [1.29, 1.82) is 0 Å². The van der Waals surface area contributed by atoms with Crippen LogP contribution in [0.1, 0.15) is 46.0 Å². The van der Waals surface area contributed by atoms with E-state index in [4.69, 9.17) is 0 Å². The van der Waals surface area contributed by atoms with Gasteiger partial charge in [-0.05, 0) is 38.9 Å². The van der Waals surface area contributed by atoms with Crippen molar-refractivity contribution in [3.05, 3.63) is 0 Å². The Morgan fingerprint density at radius 2 is 2.20 bits per heavy atom. The summed E-state index contributed by atoms with van der Waals surface area (Å²) in [6, 6.07) is 0.755. The first kappa shape index (κ1) is 13.0. The summed E-state index contributed by atoms with van der Waals surface area (Å²) in [6.07, 6.45) is 6.80. The largest absolute Gasteiger partial charge is 0.312 e. The highest BCUT2D eigenvalue weighted by atomic mass is 15.2. The van der Waals surface area contributed by atoms with E-state index in [1.165, 1.54) is 51.7 Å². The first-order chi connectivity index (χ1) is 7.26. The van der Waals surface area contributed by atoms with E-state index < -0.39 is 0 Å². The third kappa shape index (κ3) is 4.98. The smallest absolute Gasteiger partial charge is 0.0207 e. The Morgan fingerprint density at radius 3 is 2.73 bits per heavy atom. The summed E-state index contributed by atoms with van der Waals surface area (Å²) in [5.74, 6) is 0.899. The first-order valence-corrected chi connectivity index (χ1v) is 6.68. The summed E-state index contributed by atoms with van der Waals surface area (Å²) in [5, 5.41) is 3.73. The number of likely N-dealkylation sites (N-methyl/N-ethyl adjacent to an activating group) is 1. The molecule has 1 saturated heterocycles. The molecule has 1 rings (SSSR count). The van der Waals surface area contributed by atoms with E-state index in [-0.39, 0.29) is 0 Å². The van der Waals surface area contributed by atoms with Crippen LogP contribution in [0.15, 0.2) is 0 Å². The lowest BCUT2D eigenvalue weighted by Gasteiger charge is -2.19. The van der Waals surface area contributed by atoms with E-state index in [9.17, 15) is 0 Å². The molecule has 0 amide bonds. The van der Waals surface area contributed by atoms with Crippen molar-refractivity contribution in [2.24, 2.45) is 5.92 Å². The van der Waals surface area contributed by atoms with E-state index in [1.54, 1.807) is 0 Å². The Kier molecular flexibility index (Phi) is 6.26. The van der Waals surface area contributed by atoms with Crippen LogP contribution in [-0.4, -0.2) is 37.6 Å². The lowest BCUT2D eigenvalue weighted by Crippen LogP contribution is -2.35. The highest BCUT2D eigenvalue weighted by molar-refractivity contribution is 4.79. The molecule has 2 unspecified atom stereocenters. The van der Waals surface area contributed by atoms with Crippen LogP contribution in [0.5, 0.6) is 0 Å². The Balaban J connectivity index is 2.10. The first-order valence-electron chi connectivity index (χ1n) is 6.68.